The summed E-state index contributed by atoms with van der Waals surface area (Å²) in [6, 6.07) is 13.7. The molecule has 0 aliphatic carbocycles. The van der Waals surface area contributed by atoms with E-state index in [0.717, 1.165) is 6.26 Å². The summed E-state index contributed by atoms with van der Waals surface area (Å²) in [5.74, 6) is -1.06. The summed E-state index contributed by atoms with van der Waals surface area (Å²) >= 11 is 0. The Morgan fingerprint density at radius 2 is 1.69 bits per heavy atom. The number of nitrogens with one attached hydrogen (secondary N) is 2. The van der Waals surface area contributed by atoms with Crippen molar-refractivity contribution < 1.29 is 18.7 Å². The Labute approximate surface area is 187 Å². The van der Waals surface area contributed by atoms with Crippen molar-refractivity contribution in [2.75, 3.05) is 19.5 Å². The normalized spacial score (nSPS) is 12.2. The molecule has 0 spiro atoms. The van der Waals surface area contributed by atoms with Crippen molar-refractivity contribution in [1.82, 2.24) is 9.88 Å². The zero-order valence-electron chi connectivity index (χ0n) is 18.8. The maximum Gasteiger partial charge on any atom is 0.416 e. The first kappa shape index (κ1) is 23.1. The monoisotopic (exact) mass is 453 g/mol. The third-order valence-corrected chi connectivity index (χ3v) is 7.22. The van der Waals surface area contributed by atoms with Crippen molar-refractivity contribution in [3.05, 3.63) is 76.6 Å². The van der Waals surface area contributed by atoms with Crippen molar-refractivity contribution in [2.24, 2.45) is 0 Å². The molecule has 0 radical (unpaired) electrons. The predicted octanol–water partition coefficient (Wildman–Crippen LogP) is 2.97. The molecule has 1 atom stereocenters. The van der Waals surface area contributed by atoms with Crippen LogP contribution >= 0.6 is 0 Å². The maximum atomic E-state index is 13.3. The van der Waals surface area contributed by atoms with E-state index in [4.69, 9.17) is 4.74 Å². The van der Waals surface area contributed by atoms with E-state index in [1.165, 1.54) is 17.1 Å². The van der Waals surface area contributed by atoms with Crippen LogP contribution in [0.2, 0.25) is 19.6 Å². The van der Waals surface area contributed by atoms with E-state index >= 15 is 0 Å². The quantitative estimate of drug-likeness (QED) is 0.535. The summed E-state index contributed by atoms with van der Waals surface area (Å²) < 4.78 is 9.87. The molecule has 2 aromatic carbocycles. The van der Waals surface area contributed by atoms with Gasteiger partial charge in [0.1, 0.15) is 23.7 Å². The molecule has 0 saturated heterocycles. The number of carbonyl (C=O) groups excluding carboxylic acids is 2. The molecular weight excluding hydrogens is 426 g/mol. The van der Waals surface area contributed by atoms with Crippen molar-refractivity contribution in [3.8, 4) is 5.75 Å². The smallest absolute Gasteiger partial charge is 0.416 e. The minimum Gasteiger partial charge on any atom is -0.497 e. The lowest BCUT2D eigenvalue weighted by Crippen LogP contribution is -2.39. The van der Waals surface area contributed by atoms with Gasteiger partial charge in [-0.15, -0.1) is 0 Å². The van der Waals surface area contributed by atoms with Crippen LogP contribution in [0, 0.1) is 0 Å². The topological polar surface area (TPSA) is 105 Å². The van der Waals surface area contributed by atoms with Crippen molar-refractivity contribution in [2.45, 2.75) is 25.7 Å². The Balaban J connectivity index is 1.91. The number of likely N-dealkylation sites (N-methyl/N-ethyl adjacent to an activating group) is 1. The van der Waals surface area contributed by atoms with Gasteiger partial charge < -0.3 is 19.4 Å². The minimum atomic E-state index is -1.46. The van der Waals surface area contributed by atoms with Crippen molar-refractivity contribution >= 4 is 30.8 Å². The first-order valence-corrected chi connectivity index (χ1v) is 13.6. The molecular formula is C23H27N3O5Si. The Kier molecular flexibility index (Phi) is 6.68. The highest BCUT2D eigenvalue weighted by molar-refractivity contribution is 6.88. The Morgan fingerprint density at radius 1 is 1.06 bits per heavy atom. The number of oxazole rings is 1. The van der Waals surface area contributed by atoms with Gasteiger partial charge in [-0.1, -0.05) is 49.1 Å². The third-order valence-electron chi connectivity index (χ3n) is 5.16. The van der Waals surface area contributed by atoms with Gasteiger partial charge in [-0.3, -0.25) is 14.6 Å². The number of ether oxygens (including phenoxy) is 1. The molecule has 1 aromatic heterocycles. The number of H-pyrrole nitrogens is 1. The van der Waals surface area contributed by atoms with E-state index in [2.05, 4.69) is 34.4 Å². The number of rotatable bonds is 7. The molecule has 9 heteroatoms. The zero-order chi connectivity index (χ0) is 23.5. The first-order chi connectivity index (χ1) is 15.1. The van der Waals surface area contributed by atoms with Crippen LogP contribution in [0.4, 0.5) is 5.69 Å². The van der Waals surface area contributed by atoms with Gasteiger partial charge in [0.2, 0.25) is 0 Å². The summed E-state index contributed by atoms with van der Waals surface area (Å²) in [5.41, 5.74) is 1.18. The molecule has 3 rings (SSSR count). The van der Waals surface area contributed by atoms with Gasteiger partial charge in [0, 0.05) is 12.7 Å². The predicted molar refractivity (Wildman–Crippen MR) is 125 cm³/mol. The Bertz CT molecular complexity index is 1140. The van der Waals surface area contributed by atoms with Crippen LogP contribution in [0.25, 0.3) is 0 Å². The summed E-state index contributed by atoms with van der Waals surface area (Å²) in [7, 11) is 1.58. The molecule has 0 saturated carbocycles. The van der Waals surface area contributed by atoms with Crippen LogP contribution in [0.3, 0.4) is 0 Å². The van der Waals surface area contributed by atoms with Gasteiger partial charge in [-0.05, 0) is 29.8 Å². The van der Waals surface area contributed by atoms with Crippen LogP contribution in [0.5, 0.6) is 5.75 Å². The summed E-state index contributed by atoms with van der Waals surface area (Å²) in [6.07, 6.45) is 1.04. The third kappa shape index (κ3) is 5.17. The number of amides is 2. The van der Waals surface area contributed by atoms with Gasteiger partial charge in [-0.2, -0.15) is 0 Å². The summed E-state index contributed by atoms with van der Waals surface area (Å²) in [5, 5.41) is 4.17. The van der Waals surface area contributed by atoms with Gasteiger partial charge in [-0.25, -0.2) is 4.79 Å². The summed E-state index contributed by atoms with van der Waals surface area (Å²) in [6.45, 7) is 6.75. The second-order valence-corrected chi connectivity index (χ2v) is 13.5. The number of hydrogen-bond donors (Lipinski definition) is 2. The van der Waals surface area contributed by atoms with Crippen LogP contribution in [0.15, 0.2) is 64.0 Å². The second-order valence-electron chi connectivity index (χ2n) is 8.47. The average molecular weight is 454 g/mol. The number of carbonyl (C=O) groups is 2. The first-order valence-electron chi connectivity index (χ1n) is 10.1. The zero-order valence-corrected chi connectivity index (χ0v) is 19.8. The molecule has 1 heterocycles. The Morgan fingerprint density at radius 3 is 2.19 bits per heavy atom. The lowest BCUT2D eigenvalue weighted by molar-refractivity contribution is -0.120. The van der Waals surface area contributed by atoms with Gasteiger partial charge in [0.15, 0.2) is 0 Å². The van der Waals surface area contributed by atoms with Crippen LogP contribution in [-0.4, -0.2) is 43.9 Å². The molecule has 2 N–H and O–H groups in total. The fraction of sp³-hybridized carbons (Fsp3) is 0.261. The molecule has 0 fully saturated rings. The Hall–Kier alpha value is -3.59. The van der Waals surface area contributed by atoms with E-state index in [-0.39, 0.29) is 5.69 Å². The minimum absolute atomic E-state index is 0.0386. The number of benzene rings is 2. The van der Waals surface area contributed by atoms with Crippen molar-refractivity contribution in [1.29, 1.82) is 0 Å². The fourth-order valence-electron chi connectivity index (χ4n) is 3.29. The van der Waals surface area contributed by atoms with E-state index in [0.29, 0.717) is 17.0 Å². The number of aromatic nitrogens is 1. The van der Waals surface area contributed by atoms with Crippen molar-refractivity contribution in [3.63, 3.8) is 0 Å². The highest BCUT2D eigenvalue weighted by Crippen LogP contribution is 2.25. The number of aromatic amines is 1. The van der Waals surface area contributed by atoms with Crippen LogP contribution in [0.1, 0.15) is 22.1 Å². The van der Waals surface area contributed by atoms with Gasteiger partial charge in [0.25, 0.3) is 11.8 Å². The van der Waals surface area contributed by atoms with Crippen LogP contribution < -0.4 is 21.0 Å². The second kappa shape index (κ2) is 9.27. The standard InChI is InChI=1S/C23H27N3O5Si/c1-26(22(28)19-14-31-23(29)25-19)20(15-6-10-17(30-2)11-7-15)21(27)24-16-8-12-18(13-9-16)32(3,4)5/h6-14,20H,1-5H3,(H,24,27)(H,25,29). The lowest BCUT2D eigenvalue weighted by atomic mass is 10.0. The van der Waals surface area contributed by atoms with Gasteiger partial charge in [0.05, 0.1) is 15.2 Å². The maximum absolute atomic E-state index is 13.3. The molecule has 2 amide bonds. The largest absolute Gasteiger partial charge is 0.497 e. The number of anilines is 1. The van der Waals surface area contributed by atoms with E-state index < -0.39 is 31.7 Å². The molecule has 0 aliphatic heterocycles. The molecule has 168 valence electrons. The van der Waals surface area contributed by atoms with E-state index in [1.54, 1.807) is 31.4 Å². The SMILES string of the molecule is COc1ccc(C(C(=O)Nc2ccc([Si](C)(C)C)cc2)N(C)C(=O)c2coc(=O)[nH]2)cc1. The van der Waals surface area contributed by atoms with E-state index in [9.17, 15) is 14.4 Å². The summed E-state index contributed by atoms with van der Waals surface area (Å²) in [4.78, 5) is 41.1. The molecule has 1 unspecified atom stereocenters. The van der Waals surface area contributed by atoms with E-state index in [1.807, 2.05) is 24.3 Å². The van der Waals surface area contributed by atoms with Crippen LogP contribution in [-0.2, 0) is 4.79 Å². The molecule has 0 aliphatic rings. The lowest BCUT2D eigenvalue weighted by Gasteiger charge is -2.27. The average Bonchev–Trinajstić information content (AvgIpc) is 3.19. The molecule has 32 heavy (non-hydrogen) atoms. The highest BCUT2D eigenvalue weighted by atomic mass is 28.3. The molecule has 0 bridgehead atoms. The highest BCUT2D eigenvalue weighted by Gasteiger charge is 2.30. The number of methoxy groups -OCH3 is 1. The van der Waals surface area contributed by atoms with Gasteiger partial charge >= 0.3 is 5.76 Å². The molecule has 3 aromatic rings. The molecule has 8 nitrogen and oxygen atoms in total. The number of hydrogen-bond acceptors (Lipinski definition) is 5. The number of nitrogens with zero attached hydrogens (tertiary/aromatic N) is 1. The fourth-order valence-corrected chi connectivity index (χ4v) is 4.46.